The third-order valence-corrected chi connectivity index (χ3v) is 3.84. The number of likely N-dealkylation sites (N-methyl/N-ethyl adjacent to an activating group) is 1. The molecule has 0 aromatic heterocycles. The van der Waals surface area contributed by atoms with Crippen LogP contribution in [-0.2, 0) is 0 Å². The average molecular weight is 250 g/mol. The summed E-state index contributed by atoms with van der Waals surface area (Å²) < 4.78 is 0. The topological polar surface area (TPSA) is 55.7 Å². The van der Waals surface area contributed by atoms with Crippen LogP contribution >= 0.6 is 0 Å². The molecule has 1 aromatic carbocycles. The van der Waals surface area contributed by atoms with E-state index in [1.807, 2.05) is 14.0 Å². The normalized spacial score (nSPS) is 22.2. The Morgan fingerprint density at radius 3 is 2.67 bits per heavy atom. The number of phenolic OH excluding ortho intramolecular Hbond substituents is 2. The SMILES string of the molecule is CNCC1CCCN1C(C)c1c(O)cccc1O. The van der Waals surface area contributed by atoms with E-state index in [9.17, 15) is 10.2 Å². The van der Waals surface area contributed by atoms with Crippen molar-refractivity contribution < 1.29 is 10.2 Å². The summed E-state index contributed by atoms with van der Waals surface area (Å²) in [5, 5.41) is 23.1. The highest BCUT2D eigenvalue weighted by atomic mass is 16.3. The summed E-state index contributed by atoms with van der Waals surface area (Å²) in [4.78, 5) is 2.35. The van der Waals surface area contributed by atoms with Gasteiger partial charge in [0.25, 0.3) is 0 Å². The lowest BCUT2D eigenvalue weighted by molar-refractivity contribution is 0.185. The van der Waals surface area contributed by atoms with Crippen LogP contribution in [0.25, 0.3) is 0 Å². The first kappa shape index (κ1) is 13.2. The van der Waals surface area contributed by atoms with Gasteiger partial charge in [-0.3, -0.25) is 4.90 Å². The molecular formula is C14H22N2O2. The van der Waals surface area contributed by atoms with Crippen LogP contribution in [0.3, 0.4) is 0 Å². The second-order valence-corrected chi connectivity index (χ2v) is 4.98. The van der Waals surface area contributed by atoms with Gasteiger partial charge in [0.05, 0.1) is 5.56 Å². The summed E-state index contributed by atoms with van der Waals surface area (Å²) in [7, 11) is 1.96. The van der Waals surface area contributed by atoms with E-state index in [1.54, 1.807) is 18.2 Å². The number of hydrogen-bond donors (Lipinski definition) is 3. The summed E-state index contributed by atoms with van der Waals surface area (Å²) in [6.07, 6.45) is 2.34. The van der Waals surface area contributed by atoms with Crippen LogP contribution in [0.2, 0.25) is 0 Å². The van der Waals surface area contributed by atoms with Crippen molar-refractivity contribution in [3.05, 3.63) is 23.8 Å². The molecule has 0 spiro atoms. The molecular weight excluding hydrogens is 228 g/mol. The van der Waals surface area contributed by atoms with Gasteiger partial charge in [-0.25, -0.2) is 0 Å². The number of nitrogens with one attached hydrogen (secondary N) is 1. The van der Waals surface area contributed by atoms with Crippen LogP contribution in [0.5, 0.6) is 11.5 Å². The van der Waals surface area contributed by atoms with Gasteiger partial charge in [0.1, 0.15) is 11.5 Å². The maximum absolute atomic E-state index is 9.94. The maximum Gasteiger partial charge on any atom is 0.124 e. The zero-order valence-corrected chi connectivity index (χ0v) is 11.1. The molecule has 4 heteroatoms. The molecule has 1 fully saturated rings. The lowest BCUT2D eigenvalue weighted by Crippen LogP contribution is -2.38. The largest absolute Gasteiger partial charge is 0.507 e. The highest BCUT2D eigenvalue weighted by Crippen LogP contribution is 2.38. The van der Waals surface area contributed by atoms with Crippen LogP contribution in [-0.4, -0.2) is 41.3 Å². The van der Waals surface area contributed by atoms with Crippen molar-refractivity contribution in [3.8, 4) is 11.5 Å². The molecule has 1 aromatic rings. The van der Waals surface area contributed by atoms with Crippen molar-refractivity contribution in [1.82, 2.24) is 10.2 Å². The molecule has 0 radical (unpaired) electrons. The summed E-state index contributed by atoms with van der Waals surface area (Å²) in [6, 6.07) is 5.44. The minimum Gasteiger partial charge on any atom is -0.507 e. The molecule has 1 aliphatic rings. The van der Waals surface area contributed by atoms with Crippen LogP contribution in [0.4, 0.5) is 0 Å². The zero-order chi connectivity index (χ0) is 13.1. The highest BCUT2D eigenvalue weighted by Gasteiger charge is 2.30. The minimum absolute atomic E-state index is 0.0343. The van der Waals surface area contributed by atoms with Gasteiger partial charge in [0, 0.05) is 18.6 Å². The Morgan fingerprint density at radius 2 is 2.06 bits per heavy atom. The third-order valence-electron chi connectivity index (χ3n) is 3.84. The lowest BCUT2D eigenvalue weighted by atomic mass is 10.0. The zero-order valence-electron chi connectivity index (χ0n) is 11.1. The highest BCUT2D eigenvalue weighted by molar-refractivity contribution is 5.45. The van der Waals surface area contributed by atoms with Crippen LogP contribution in [0, 0.1) is 0 Å². The summed E-state index contributed by atoms with van der Waals surface area (Å²) in [5.41, 5.74) is 0.639. The van der Waals surface area contributed by atoms with Crippen molar-refractivity contribution in [2.45, 2.75) is 31.8 Å². The van der Waals surface area contributed by atoms with Gasteiger partial charge in [0.2, 0.25) is 0 Å². The summed E-state index contributed by atoms with van der Waals surface area (Å²) in [5.74, 6) is 0.357. The predicted molar refractivity (Wildman–Crippen MR) is 71.8 cm³/mol. The molecule has 2 atom stereocenters. The van der Waals surface area contributed by atoms with Crippen molar-refractivity contribution in [2.75, 3.05) is 20.1 Å². The molecule has 2 rings (SSSR count). The Kier molecular flexibility index (Phi) is 4.09. The van der Waals surface area contributed by atoms with E-state index >= 15 is 0 Å². The predicted octanol–water partition coefficient (Wildman–Crippen LogP) is 1.84. The van der Waals surface area contributed by atoms with Crippen molar-refractivity contribution >= 4 is 0 Å². The van der Waals surface area contributed by atoms with Crippen LogP contribution in [0.15, 0.2) is 18.2 Å². The Labute approximate surface area is 108 Å². The van der Waals surface area contributed by atoms with Gasteiger partial charge in [-0.2, -0.15) is 0 Å². The number of benzene rings is 1. The van der Waals surface area contributed by atoms with Crippen LogP contribution in [0.1, 0.15) is 31.4 Å². The number of aromatic hydroxyl groups is 2. The molecule has 0 saturated carbocycles. The quantitative estimate of drug-likeness (QED) is 0.763. The molecule has 2 unspecified atom stereocenters. The molecule has 1 heterocycles. The van der Waals surface area contributed by atoms with E-state index < -0.39 is 0 Å². The second kappa shape index (κ2) is 5.59. The number of likely N-dealkylation sites (tertiary alicyclic amines) is 1. The Hall–Kier alpha value is -1.26. The molecule has 0 aliphatic carbocycles. The molecule has 0 bridgehead atoms. The van der Waals surface area contributed by atoms with E-state index in [1.165, 1.54) is 12.8 Å². The van der Waals surface area contributed by atoms with E-state index in [2.05, 4.69) is 10.2 Å². The van der Waals surface area contributed by atoms with Gasteiger partial charge in [0.15, 0.2) is 0 Å². The van der Waals surface area contributed by atoms with E-state index in [-0.39, 0.29) is 17.5 Å². The van der Waals surface area contributed by atoms with Gasteiger partial charge in [-0.15, -0.1) is 0 Å². The summed E-state index contributed by atoms with van der Waals surface area (Å²) >= 11 is 0. The Morgan fingerprint density at radius 1 is 1.39 bits per heavy atom. The number of nitrogens with zero attached hydrogens (tertiary/aromatic N) is 1. The molecule has 1 aliphatic heterocycles. The number of phenols is 2. The first-order valence-corrected chi connectivity index (χ1v) is 6.56. The van der Waals surface area contributed by atoms with Gasteiger partial charge in [-0.05, 0) is 45.5 Å². The fourth-order valence-corrected chi connectivity index (χ4v) is 2.96. The first-order valence-electron chi connectivity index (χ1n) is 6.56. The van der Waals surface area contributed by atoms with Crippen molar-refractivity contribution in [1.29, 1.82) is 0 Å². The molecule has 0 amide bonds. The number of hydrogen-bond acceptors (Lipinski definition) is 4. The van der Waals surface area contributed by atoms with E-state index in [0.29, 0.717) is 11.6 Å². The smallest absolute Gasteiger partial charge is 0.124 e. The first-order chi connectivity index (χ1) is 8.65. The Bertz CT molecular complexity index is 389. The van der Waals surface area contributed by atoms with Crippen LogP contribution < -0.4 is 5.32 Å². The third kappa shape index (κ3) is 2.44. The maximum atomic E-state index is 9.94. The Balaban J connectivity index is 2.22. The standard InChI is InChI=1S/C14H22N2O2/c1-10(14-12(17)6-3-7-13(14)18)16-8-4-5-11(16)9-15-2/h3,6-7,10-11,15,17-18H,4-5,8-9H2,1-2H3. The summed E-state index contributed by atoms with van der Waals surface area (Å²) in [6.45, 7) is 4.00. The fourth-order valence-electron chi connectivity index (χ4n) is 2.96. The van der Waals surface area contributed by atoms with Crippen molar-refractivity contribution in [2.24, 2.45) is 0 Å². The number of rotatable bonds is 4. The van der Waals surface area contributed by atoms with Gasteiger partial charge < -0.3 is 15.5 Å². The average Bonchev–Trinajstić information content (AvgIpc) is 2.77. The minimum atomic E-state index is 0.0343. The van der Waals surface area contributed by atoms with E-state index in [0.717, 1.165) is 13.1 Å². The second-order valence-electron chi connectivity index (χ2n) is 4.98. The van der Waals surface area contributed by atoms with Gasteiger partial charge >= 0.3 is 0 Å². The fraction of sp³-hybridized carbons (Fsp3) is 0.571. The molecule has 18 heavy (non-hydrogen) atoms. The van der Waals surface area contributed by atoms with E-state index in [4.69, 9.17) is 0 Å². The molecule has 100 valence electrons. The molecule has 4 nitrogen and oxygen atoms in total. The monoisotopic (exact) mass is 250 g/mol. The molecule has 1 saturated heterocycles. The van der Waals surface area contributed by atoms with Gasteiger partial charge in [-0.1, -0.05) is 6.07 Å². The van der Waals surface area contributed by atoms with Crippen molar-refractivity contribution in [3.63, 3.8) is 0 Å². The lowest BCUT2D eigenvalue weighted by Gasteiger charge is -2.31. The molecule has 3 N–H and O–H groups in total.